The Morgan fingerprint density at radius 3 is 2.53 bits per heavy atom. The second-order valence-corrected chi connectivity index (χ2v) is 5.86. The number of nitrogen functional groups attached to an aromatic ring is 1. The molecule has 3 N–H and O–H groups in total. The van der Waals surface area contributed by atoms with E-state index < -0.39 is 32.2 Å². The smallest absolute Gasteiger partial charge is 0.243 e. The summed E-state index contributed by atoms with van der Waals surface area (Å²) in [6, 6.07) is 1.19. The Hall–Kier alpha value is -1.25. The number of nitrogens with one attached hydrogen (secondary N) is 1. The van der Waals surface area contributed by atoms with E-state index in [1.165, 1.54) is 0 Å². The predicted molar refractivity (Wildman–Crippen MR) is 67.0 cm³/mol. The summed E-state index contributed by atoms with van der Waals surface area (Å²) in [7, 11) is -4.08. The number of benzene rings is 1. The van der Waals surface area contributed by atoms with Crippen LogP contribution in [-0.4, -0.2) is 27.7 Å². The van der Waals surface area contributed by atoms with Crippen LogP contribution in [0.25, 0.3) is 0 Å². The van der Waals surface area contributed by atoms with E-state index in [9.17, 15) is 17.2 Å². The Kier molecular flexibility index (Phi) is 5.21. The quantitative estimate of drug-likeness (QED) is 0.611. The first-order valence-electron chi connectivity index (χ1n) is 5.60. The first-order chi connectivity index (χ1) is 8.74. The van der Waals surface area contributed by atoms with Gasteiger partial charge in [0.05, 0.1) is 18.4 Å². The Bertz CT molecular complexity index is 547. The zero-order valence-electron chi connectivity index (χ0n) is 10.6. The Morgan fingerprint density at radius 2 is 1.95 bits per heavy atom. The minimum atomic E-state index is -4.08. The minimum absolute atomic E-state index is 0.0166. The molecule has 19 heavy (non-hydrogen) atoms. The van der Waals surface area contributed by atoms with Crippen molar-refractivity contribution in [1.29, 1.82) is 0 Å². The molecule has 0 saturated heterocycles. The monoisotopic (exact) mass is 294 g/mol. The van der Waals surface area contributed by atoms with Crippen LogP contribution in [0.5, 0.6) is 0 Å². The highest BCUT2D eigenvalue weighted by molar-refractivity contribution is 7.89. The van der Waals surface area contributed by atoms with E-state index in [0.717, 1.165) is 6.07 Å². The van der Waals surface area contributed by atoms with Crippen LogP contribution in [0.15, 0.2) is 17.0 Å². The third-order valence-corrected chi connectivity index (χ3v) is 3.66. The van der Waals surface area contributed by atoms with Gasteiger partial charge < -0.3 is 10.5 Å². The zero-order valence-corrected chi connectivity index (χ0v) is 11.4. The fraction of sp³-hybridized carbons (Fsp3) is 0.455. The number of rotatable bonds is 6. The molecule has 8 heteroatoms. The van der Waals surface area contributed by atoms with Gasteiger partial charge in [0, 0.05) is 12.6 Å². The van der Waals surface area contributed by atoms with Gasteiger partial charge in [-0.2, -0.15) is 0 Å². The summed E-state index contributed by atoms with van der Waals surface area (Å²) in [6.07, 6.45) is -0.0392. The van der Waals surface area contributed by atoms with Crippen molar-refractivity contribution in [2.24, 2.45) is 0 Å². The van der Waals surface area contributed by atoms with Gasteiger partial charge in [-0.1, -0.05) is 0 Å². The number of halogens is 2. The van der Waals surface area contributed by atoms with Gasteiger partial charge in [-0.05, 0) is 19.9 Å². The van der Waals surface area contributed by atoms with E-state index >= 15 is 0 Å². The molecule has 0 aliphatic heterocycles. The van der Waals surface area contributed by atoms with E-state index in [1.807, 2.05) is 0 Å². The second-order valence-electron chi connectivity index (χ2n) is 4.12. The van der Waals surface area contributed by atoms with Crippen molar-refractivity contribution in [2.75, 3.05) is 18.9 Å². The summed E-state index contributed by atoms with van der Waals surface area (Å²) in [5, 5.41) is 0. The van der Waals surface area contributed by atoms with Gasteiger partial charge in [0.25, 0.3) is 0 Å². The van der Waals surface area contributed by atoms with Crippen molar-refractivity contribution in [3.8, 4) is 0 Å². The second kappa shape index (κ2) is 6.27. The molecule has 0 heterocycles. The molecule has 0 aliphatic rings. The Labute approximate surface area is 110 Å². The van der Waals surface area contributed by atoms with Gasteiger partial charge in [-0.3, -0.25) is 0 Å². The number of sulfonamides is 1. The lowest BCUT2D eigenvalue weighted by Crippen LogP contribution is -2.29. The maximum Gasteiger partial charge on any atom is 0.243 e. The van der Waals surface area contributed by atoms with Gasteiger partial charge in [-0.25, -0.2) is 21.9 Å². The van der Waals surface area contributed by atoms with Crippen LogP contribution < -0.4 is 10.5 Å². The van der Waals surface area contributed by atoms with Gasteiger partial charge in [0.1, 0.15) is 16.5 Å². The third kappa shape index (κ3) is 4.41. The van der Waals surface area contributed by atoms with Crippen LogP contribution in [0.4, 0.5) is 14.5 Å². The molecule has 1 aromatic carbocycles. The minimum Gasteiger partial charge on any atom is -0.396 e. The zero-order chi connectivity index (χ0) is 14.6. The topological polar surface area (TPSA) is 81.4 Å². The maximum atomic E-state index is 13.4. The molecule has 0 aromatic heterocycles. The summed E-state index contributed by atoms with van der Waals surface area (Å²) in [6.45, 7) is 3.73. The normalized spacial score (nSPS) is 12.1. The molecular weight excluding hydrogens is 278 g/mol. The van der Waals surface area contributed by atoms with Crippen LogP contribution >= 0.6 is 0 Å². The molecule has 0 saturated carbocycles. The number of hydrogen-bond acceptors (Lipinski definition) is 4. The predicted octanol–water partition coefficient (Wildman–Crippen LogP) is 1.25. The Morgan fingerprint density at radius 1 is 1.32 bits per heavy atom. The number of anilines is 1. The molecule has 1 aromatic rings. The molecule has 0 amide bonds. The molecule has 0 fully saturated rings. The van der Waals surface area contributed by atoms with Crippen LogP contribution in [0.2, 0.25) is 0 Å². The summed E-state index contributed by atoms with van der Waals surface area (Å²) in [4.78, 5) is -0.684. The van der Waals surface area contributed by atoms with Crippen molar-refractivity contribution in [3.05, 3.63) is 23.8 Å². The molecule has 108 valence electrons. The van der Waals surface area contributed by atoms with E-state index in [2.05, 4.69) is 4.72 Å². The van der Waals surface area contributed by atoms with Gasteiger partial charge >= 0.3 is 0 Å². The molecule has 0 bridgehead atoms. The SMILES string of the molecule is CC(C)OCCNS(=O)(=O)c1cc(N)c(F)cc1F. The highest BCUT2D eigenvalue weighted by Gasteiger charge is 2.20. The van der Waals surface area contributed by atoms with Gasteiger partial charge in [0.2, 0.25) is 10.0 Å². The fourth-order valence-electron chi connectivity index (χ4n) is 1.30. The highest BCUT2D eigenvalue weighted by atomic mass is 32.2. The Balaban J connectivity index is 2.80. The fourth-order valence-corrected chi connectivity index (χ4v) is 2.40. The van der Waals surface area contributed by atoms with Crippen LogP contribution in [0, 0.1) is 11.6 Å². The largest absolute Gasteiger partial charge is 0.396 e. The summed E-state index contributed by atoms with van der Waals surface area (Å²) in [5.41, 5.74) is 4.79. The van der Waals surface area contributed by atoms with Crippen molar-refractivity contribution in [1.82, 2.24) is 4.72 Å². The van der Waals surface area contributed by atoms with Crippen LogP contribution in [0.3, 0.4) is 0 Å². The van der Waals surface area contributed by atoms with E-state index in [1.54, 1.807) is 13.8 Å². The molecular formula is C11H16F2N2O3S. The lowest BCUT2D eigenvalue weighted by molar-refractivity contribution is 0.0834. The molecule has 1 rings (SSSR count). The average Bonchev–Trinajstić information content (AvgIpc) is 2.29. The average molecular weight is 294 g/mol. The molecule has 0 atom stereocenters. The van der Waals surface area contributed by atoms with Crippen LogP contribution in [-0.2, 0) is 14.8 Å². The summed E-state index contributed by atoms with van der Waals surface area (Å²) in [5.74, 6) is -2.19. The number of ether oxygens (including phenoxy) is 1. The van der Waals surface area contributed by atoms with Crippen molar-refractivity contribution >= 4 is 15.7 Å². The molecule has 0 spiro atoms. The summed E-state index contributed by atoms with van der Waals surface area (Å²) < 4.78 is 57.2. The lowest BCUT2D eigenvalue weighted by atomic mass is 10.3. The van der Waals surface area contributed by atoms with E-state index in [0.29, 0.717) is 6.07 Å². The molecule has 0 radical (unpaired) electrons. The first kappa shape index (κ1) is 15.8. The van der Waals surface area contributed by atoms with Gasteiger partial charge in [-0.15, -0.1) is 0 Å². The molecule has 5 nitrogen and oxygen atoms in total. The van der Waals surface area contributed by atoms with Gasteiger partial charge in [0.15, 0.2) is 0 Å². The van der Waals surface area contributed by atoms with Crippen LogP contribution in [0.1, 0.15) is 13.8 Å². The van der Waals surface area contributed by atoms with E-state index in [-0.39, 0.29) is 19.3 Å². The highest BCUT2D eigenvalue weighted by Crippen LogP contribution is 2.20. The van der Waals surface area contributed by atoms with Crippen molar-refractivity contribution in [2.45, 2.75) is 24.8 Å². The van der Waals surface area contributed by atoms with Crippen molar-refractivity contribution in [3.63, 3.8) is 0 Å². The van der Waals surface area contributed by atoms with E-state index in [4.69, 9.17) is 10.5 Å². The van der Waals surface area contributed by atoms with Crippen molar-refractivity contribution < 1.29 is 21.9 Å². The summed E-state index contributed by atoms with van der Waals surface area (Å²) >= 11 is 0. The standard InChI is InChI=1S/C11H16F2N2O3S/c1-7(2)18-4-3-15-19(16,17)11-6-10(14)8(12)5-9(11)13/h5-7,15H,3-4,14H2,1-2H3. The number of hydrogen-bond donors (Lipinski definition) is 2. The lowest BCUT2D eigenvalue weighted by Gasteiger charge is -2.10. The first-order valence-corrected chi connectivity index (χ1v) is 7.08. The molecule has 0 unspecified atom stereocenters. The molecule has 0 aliphatic carbocycles. The maximum absolute atomic E-state index is 13.4. The third-order valence-electron chi connectivity index (χ3n) is 2.19. The number of nitrogens with two attached hydrogens (primary N) is 1.